The summed E-state index contributed by atoms with van der Waals surface area (Å²) in [4.78, 5) is 20.7. The molecule has 2 aliphatic heterocycles. The molecule has 3 aromatic carbocycles. The third-order valence-electron chi connectivity index (χ3n) is 7.09. The molecule has 2 heterocycles. The van der Waals surface area contributed by atoms with Crippen molar-refractivity contribution >= 4 is 22.7 Å². The van der Waals surface area contributed by atoms with Crippen molar-refractivity contribution in [3.05, 3.63) is 102 Å². The van der Waals surface area contributed by atoms with Gasteiger partial charge in [0.1, 0.15) is 35.5 Å². The number of amidine groups is 1. The van der Waals surface area contributed by atoms with Crippen molar-refractivity contribution in [2.24, 2.45) is 4.99 Å². The van der Waals surface area contributed by atoms with Crippen molar-refractivity contribution in [1.82, 2.24) is 4.90 Å². The Hall–Kier alpha value is -3.17. The van der Waals surface area contributed by atoms with Crippen LogP contribution in [0.15, 0.2) is 89.9 Å². The molecule has 1 fully saturated rings. The molecule has 0 aromatic heterocycles. The Labute approximate surface area is 240 Å². The van der Waals surface area contributed by atoms with E-state index >= 15 is 0 Å². The van der Waals surface area contributed by atoms with Crippen LogP contribution in [0.5, 0.6) is 5.75 Å². The van der Waals surface area contributed by atoms with Crippen molar-refractivity contribution in [2.45, 2.75) is 55.8 Å². The highest BCUT2D eigenvalue weighted by molar-refractivity contribution is 8.14. The summed E-state index contributed by atoms with van der Waals surface area (Å²) in [5.74, 6) is 0.791. The zero-order valence-electron chi connectivity index (χ0n) is 23.1. The molecule has 5 unspecified atom stereocenters. The number of rotatable bonds is 11. The second-order valence-corrected chi connectivity index (χ2v) is 11.2. The average Bonchev–Trinajstić information content (AvgIpc) is 3.43. The molecule has 5 rings (SSSR count). The Kier molecular flexibility index (Phi) is 9.54. The second-order valence-electron chi connectivity index (χ2n) is 10.2. The van der Waals surface area contributed by atoms with Gasteiger partial charge in [-0.25, -0.2) is 0 Å². The number of ether oxygens (including phenoxy) is 4. The fourth-order valence-corrected chi connectivity index (χ4v) is 6.04. The molecule has 0 radical (unpaired) electrons. The van der Waals surface area contributed by atoms with Crippen LogP contribution in [-0.4, -0.2) is 66.8 Å². The fourth-order valence-electron chi connectivity index (χ4n) is 4.91. The van der Waals surface area contributed by atoms with E-state index in [1.807, 2.05) is 104 Å². The van der Waals surface area contributed by atoms with E-state index in [2.05, 4.69) is 0 Å². The average molecular weight is 561 g/mol. The van der Waals surface area contributed by atoms with E-state index in [1.165, 1.54) is 11.8 Å². The normalized spacial score (nSPS) is 23.8. The maximum Gasteiger partial charge on any atom is 0.164 e. The molecule has 0 aliphatic carbocycles. The lowest BCUT2D eigenvalue weighted by atomic mass is 9.92. The van der Waals surface area contributed by atoms with Crippen LogP contribution < -0.4 is 4.74 Å². The molecule has 0 saturated carbocycles. The number of ketones is 1. The molecule has 0 bridgehead atoms. The topological polar surface area (TPSA) is 69.6 Å². The molecule has 7 nitrogen and oxygen atoms in total. The number of aryl methyl sites for hydroxylation is 1. The van der Waals surface area contributed by atoms with Crippen LogP contribution in [0.25, 0.3) is 0 Å². The molecule has 40 heavy (non-hydrogen) atoms. The number of hydrogen-bond acceptors (Lipinski definition) is 8. The number of methoxy groups -OCH3 is 1. The smallest absolute Gasteiger partial charge is 0.164 e. The summed E-state index contributed by atoms with van der Waals surface area (Å²) in [5, 5.41) is 0.858. The number of carbonyl (C=O) groups excluding carboxylic acids is 1. The van der Waals surface area contributed by atoms with Gasteiger partial charge in [0.25, 0.3) is 0 Å². The summed E-state index contributed by atoms with van der Waals surface area (Å²) >= 11 is 1.54. The Morgan fingerprint density at radius 1 is 0.850 bits per heavy atom. The lowest BCUT2D eigenvalue weighted by molar-refractivity contribution is -0.199. The molecule has 210 valence electrons. The number of carbonyl (C=O) groups is 1. The molecule has 0 spiro atoms. The number of hydrogen-bond donors (Lipinski definition) is 0. The molecule has 5 atom stereocenters. The minimum absolute atomic E-state index is 0.000422. The van der Waals surface area contributed by atoms with Gasteiger partial charge in [-0.15, -0.1) is 0 Å². The van der Waals surface area contributed by atoms with E-state index in [-0.39, 0.29) is 17.3 Å². The summed E-state index contributed by atoms with van der Waals surface area (Å²) < 4.78 is 24.9. The number of thioether (sulfide) groups is 1. The van der Waals surface area contributed by atoms with Gasteiger partial charge >= 0.3 is 0 Å². The SMILES string of the molecule is COc1ccc(CCC(=O)C2OC3SC(N(C)C)=NC3C(OCc3ccccc3)C2OCc2ccccc2)cc1. The highest BCUT2D eigenvalue weighted by atomic mass is 32.2. The first-order valence-corrected chi connectivity index (χ1v) is 14.4. The van der Waals surface area contributed by atoms with Crippen LogP contribution in [0.2, 0.25) is 0 Å². The Morgan fingerprint density at radius 3 is 2.02 bits per heavy atom. The van der Waals surface area contributed by atoms with Crippen molar-refractivity contribution < 1.29 is 23.7 Å². The standard InChI is InChI=1S/C32H36N2O5S/c1-34(2)32-33-27-29(37-20-23-10-6-4-7-11-23)30(38-21-24-12-8-5-9-13-24)28(39-31(27)40-32)26(35)19-16-22-14-17-25(36-3)18-15-22/h4-15,17-18,27-31H,16,19-21H2,1-3H3. The molecular weight excluding hydrogens is 524 g/mol. The minimum Gasteiger partial charge on any atom is -0.497 e. The highest BCUT2D eigenvalue weighted by Crippen LogP contribution is 2.40. The monoisotopic (exact) mass is 560 g/mol. The predicted molar refractivity (Wildman–Crippen MR) is 158 cm³/mol. The quantitative estimate of drug-likeness (QED) is 0.322. The van der Waals surface area contributed by atoms with Crippen LogP contribution in [0.1, 0.15) is 23.1 Å². The van der Waals surface area contributed by atoms with Gasteiger partial charge in [0, 0.05) is 20.5 Å². The summed E-state index contributed by atoms with van der Waals surface area (Å²) in [5.41, 5.74) is 2.81. The Balaban J connectivity index is 1.39. The van der Waals surface area contributed by atoms with Gasteiger partial charge in [0.15, 0.2) is 11.0 Å². The number of Topliss-reactive ketones (excluding diaryl/α,β-unsaturated/α-hetero) is 1. The van der Waals surface area contributed by atoms with E-state index in [1.54, 1.807) is 7.11 Å². The van der Waals surface area contributed by atoms with E-state index in [4.69, 9.17) is 23.9 Å². The highest BCUT2D eigenvalue weighted by Gasteiger charge is 2.52. The predicted octanol–water partition coefficient (Wildman–Crippen LogP) is 5.13. The van der Waals surface area contributed by atoms with Gasteiger partial charge in [0.05, 0.1) is 20.3 Å². The van der Waals surface area contributed by atoms with E-state index < -0.39 is 18.3 Å². The van der Waals surface area contributed by atoms with Crippen molar-refractivity contribution in [2.75, 3.05) is 21.2 Å². The number of fused-ring (bicyclic) bond motifs is 1. The van der Waals surface area contributed by atoms with E-state index in [0.717, 1.165) is 27.6 Å². The zero-order valence-corrected chi connectivity index (χ0v) is 24.0. The van der Waals surface area contributed by atoms with Crippen molar-refractivity contribution in [3.63, 3.8) is 0 Å². The van der Waals surface area contributed by atoms with E-state index in [9.17, 15) is 4.79 Å². The third kappa shape index (κ3) is 6.93. The van der Waals surface area contributed by atoms with Gasteiger partial charge in [0.2, 0.25) is 0 Å². The summed E-state index contributed by atoms with van der Waals surface area (Å²) in [6, 6.07) is 27.5. The largest absolute Gasteiger partial charge is 0.497 e. The van der Waals surface area contributed by atoms with Crippen LogP contribution in [0, 0.1) is 0 Å². The van der Waals surface area contributed by atoms with Crippen LogP contribution in [0.3, 0.4) is 0 Å². The fraction of sp³-hybridized carbons (Fsp3) is 0.375. The first-order valence-electron chi connectivity index (χ1n) is 13.6. The molecule has 0 N–H and O–H groups in total. The van der Waals surface area contributed by atoms with Crippen molar-refractivity contribution in [1.29, 1.82) is 0 Å². The van der Waals surface area contributed by atoms with Crippen molar-refractivity contribution in [3.8, 4) is 5.75 Å². The third-order valence-corrected chi connectivity index (χ3v) is 8.39. The van der Waals surface area contributed by atoms with Gasteiger partial charge < -0.3 is 23.8 Å². The lowest BCUT2D eigenvalue weighted by Gasteiger charge is -2.42. The first-order chi connectivity index (χ1) is 19.5. The number of benzene rings is 3. The molecular formula is C32H36N2O5S. The molecule has 2 aliphatic rings. The van der Waals surface area contributed by atoms with Gasteiger partial charge in [-0.1, -0.05) is 84.6 Å². The zero-order chi connectivity index (χ0) is 27.9. The molecule has 0 amide bonds. The summed E-state index contributed by atoms with van der Waals surface area (Å²) in [6.07, 6.45) is -0.906. The molecule has 3 aromatic rings. The molecule has 1 saturated heterocycles. The maximum atomic E-state index is 13.8. The van der Waals surface area contributed by atoms with Gasteiger partial charge in [-0.3, -0.25) is 9.79 Å². The summed E-state index contributed by atoms with van der Waals surface area (Å²) in [7, 11) is 5.57. The lowest BCUT2D eigenvalue weighted by Crippen LogP contribution is -2.59. The number of aliphatic imine (C=N–C) groups is 1. The Morgan fingerprint density at radius 2 is 1.45 bits per heavy atom. The Bertz CT molecular complexity index is 1270. The number of nitrogens with zero attached hydrogens (tertiary/aromatic N) is 2. The summed E-state index contributed by atoms with van der Waals surface area (Å²) in [6.45, 7) is 0.737. The van der Waals surface area contributed by atoms with E-state index in [0.29, 0.717) is 26.1 Å². The first kappa shape index (κ1) is 28.4. The van der Waals surface area contributed by atoms with Crippen LogP contribution in [-0.2, 0) is 38.6 Å². The van der Waals surface area contributed by atoms with Crippen LogP contribution in [0.4, 0.5) is 0 Å². The molecule has 8 heteroatoms. The van der Waals surface area contributed by atoms with Gasteiger partial charge in [-0.05, 0) is 35.2 Å². The second kappa shape index (κ2) is 13.5. The van der Waals surface area contributed by atoms with Gasteiger partial charge in [-0.2, -0.15) is 0 Å². The maximum absolute atomic E-state index is 13.8. The minimum atomic E-state index is -0.770. The van der Waals surface area contributed by atoms with Crippen LogP contribution >= 0.6 is 11.8 Å².